The predicted molar refractivity (Wildman–Crippen MR) is 72.6 cm³/mol. The van der Waals surface area contributed by atoms with Crippen LogP contribution >= 0.6 is 11.6 Å². The Labute approximate surface area is 119 Å². The Bertz CT molecular complexity index is 549. The van der Waals surface area contributed by atoms with Gasteiger partial charge in [0.1, 0.15) is 11.5 Å². The molecule has 0 bridgehead atoms. The van der Waals surface area contributed by atoms with E-state index in [1.807, 2.05) is 0 Å². The van der Waals surface area contributed by atoms with Gasteiger partial charge >= 0.3 is 5.97 Å². The van der Waals surface area contributed by atoms with Crippen molar-refractivity contribution in [1.29, 1.82) is 0 Å². The van der Waals surface area contributed by atoms with Crippen LogP contribution in [0.5, 0.6) is 0 Å². The van der Waals surface area contributed by atoms with Crippen LogP contribution in [0, 0.1) is 15.9 Å². The lowest BCUT2D eigenvalue weighted by molar-refractivity contribution is -0.384. The van der Waals surface area contributed by atoms with E-state index in [0.717, 1.165) is 12.1 Å². The molecule has 2 N–H and O–H groups in total. The molecule has 0 saturated carbocycles. The number of anilines is 1. The highest BCUT2D eigenvalue weighted by Crippen LogP contribution is 2.33. The molecule has 1 rings (SSSR count). The molecule has 6 nitrogen and oxygen atoms in total. The van der Waals surface area contributed by atoms with Crippen LogP contribution in [0.4, 0.5) is 15.8 Å². The Morgan fingerprint density at radius 1 is 1.55 bits per heavy atom. The second-order valence-corrected chi connectivity index (χ2v) is 5.35. The number of carboxylic acid groups (broad SMARTS) is 1. The molecule has 0 amide bonds. The summed E-state index contributed by atoms with van der Waals surface area (Å²) in [5.41, 5.74) is -1.11. The minimum absolute atomic E-state index is 0.0526. The summed E-state index contributed by atoms with van der Waals surface area (Å²) < 4.78 is 13.3. The van der Waals surface area contributed by atoms with Crippen LogP contribution in [0.3, 0.4) is 0 Å². The van der Waals surface area contributed by atoms with Gasteiger partial charge in [0.05, 0.1) is 16.0 Å². The van der Waals surface area contributed by atoms with Crippen LogP contribution in [0.15, 0.2) is 12.1 Å². The molecular weight excluding hydrogens is 291 g/mol. The Hall–Kier alpha value is -1.89. The fourth-order valence-corrected chi connectivity index (χ4v) is 1.80. The molecule has 1 aromatic rings. The maximum absolute atomic E-state index is 13.3. The van der Waals surface area contributed by atoms with Gasteiger partial charge < -0.3 is 10.4 Å². The molecule has 0 spiro atoms. The van der Waals surface area contributed by atoms with Gasteiger partial charge in [-0.15, -0.1) is 0 Å². The van der Waals surface area contributed by atoms with E-state index < -0.39 is 27.9 Å². The normalized spacial score (nSPS) is 11.2. The zero-order valence-electron chi connectivity index (χ0n) is 10.9. The minimum atomic E-state index is -0.966. The summed E-state index contributed by atoms with van der Waals surface area (Å²) in [7, 11) is 0. The number of hydrogen-bond acceptors (Lipinski definition) is 4. The minimum Gasteiger partial charge on any atom is -0.481 e. The average molecular weight is 305 g/mol. The third kappa shape index (κ3) is 4.34. The highest BCUT2D eigenvalue weighted by atomic mass is 35.5. The van der Waals surface area contributed by atoms with Crippen molar-refractivity contribution in [3.05, 3.63) is 33.1 Å². The number of halogens is 2. The molecule has 0 heterocycles. The van der Waals surface area contributed by atoms with E-state index in [-0.39, 0.29) is 23.6 Å². The number of aliphatic carboxylic acids is 1. The van der Waals surface area contributed by atoms with Crippen LogP contribution in [0.2, 0.25) is 5.02 Å². The first kappa shape index (κ1) is 16.2. The molecule has 1 aromatic carbocycles. The van der Waals surface area contributed by atoms with Gasteiger partial charge in [0, 0.05) is 12.0 Å². The van der Waals surface area contributed by atoms with E-state index in [1.165, 1.54) is 0 Å². The van der Waals surface area contributed by atoms with Crippen molar-refractivity contribution >= 4 is 28.9 Å². The SMILES string of the molecule is CC(C)(CCC(=O)O)Nc1cc(Cl)c(F)cc1[N+](=O)[O-]. The van der Waals surface area contributed by atoms with Gasteiger partial charge in [0.15, 0.2) is 0 Å². The number of carbonyl (C=O) groups is 1. The van der Waals surface area contributed by atoms with Gasteiger partial charge in [-0.2, -0.15) is 0 Å². The molecule has 110 valence electrons. The van der Waals surface area contributed by atoms with Crippen molar-refractivity contribution in [2.24, 2.45) is 0 Å². The lowest BCUT2D eigenvalue weighted by atomic mass is 9.97. The maximum atomic E-state index is 13.3. The van der Waals surface area contributed by atoms with Gasteiger partial charge in [-0.3, -0.25) is 14.9 Å². The third-order valence-electron chi connectivity index (χ3n) is 2.67. The van der Waals surface area contributed by atoms with Crippen molar-refractivity contribution in [2.75, 3.05) is 5.32 Å². The maximum Gasteiger partial charge on any atom is 0.303 e. The molecule has 0 fully saturated rings. The summed E-state index contributed by atoms with van der Waals surface area (Å²) >= 11 is 5.62. The molecule has 0 unspecified atom stereocenters. The topological polar surface area (TPSA) is 92.5 Å². The number of nitrogens with zero attached hydrogens (tertiary/aromatic N) is 1. The molecule has 0 aliphatic rings. The van der Waals surface area contributed by atoms with E-state index in [2.05, 4.69) is 5.32 Å². The van der Waals surface area contributed by atoms with E-state index >= 15 is 0 Å². The summed E-state index contributed by atoms with van der Waals surface area (Å²) in [4.78, 5) is 20.7. The van der Waals surface area contributed by atoms with Crippen LogP contribution in [-0.4, -0.2) is 21.5 Å². The molecule has 0 atom stereocenters. The third-order valence-corrected chi connectivity index (χ3v) is 2.96. The first-order valence-corrected chi connectivity index (χ1v) is 6.13. The van der Waals surface area contributed by atoms with Crippen molar-refractivity contribution < 1.29 is 19.2 Å². The van der Waals surface area contributed by atoms with Crippen LogP contribution in [0.1, 0.15) is 26.7 Å². The molecule has 0 saturated heterocycles. The van der Waals surface area contributed by atoms with Crippen LogP contribution in [0.25, 0.3) is 0 Å². The predicted octanol–water partition coefficient (Wildman–Crippen LogP) is 3.44. The quantitative estimate of drug-likeness (QED) is 0.620. The number of benzene rings is 1. The molecule has 0 aliphatic carbocycles. The zero-order valence-corrected chi connectivity index (χ0v) is 11.7. The van der Waals surface area contributed by atoms with Gasteiger partial charge in [0.25, 0.3) is 5.69 Å². The number of carboxylic acids is 1. The second-order valence-electron chi connectivity index (χ2n) is 4.94. The average Bonchev–Trinajstić information content (AvgIpc) is 2.30. The molecule has 0 aromatic heterocycles. The number of rotatable bonds is 6. The van der Waals surface area contributed by atoms with Crippen molar-refractivity contribution in [1.82, 2.24) is 0 Å². The van der Waals surface area contributed by atoms with E-state index in [1.54, 1.807) is 13.8 Å². The van der Waals surface area contributed by atoms with Gasteiger partial charge in [0.2, 0.25) is 0 Å². The fourth-order valence-electron chi connectivity index (χ4n) is 1.63. The van der Waals surface area contributed by atoms with Gasteiger partial charge in [-0.05, 0) is 26.3 Å². The summed E-state index contributed by atoms with van der Waals surface area (Å²) in [6.45, 7) is 3.38. The number of nitro benzene ring substituents is 1. The van der Waals surface area contributed by atoms with Crippen molar-refractivity contribution in [3.8, 4) is 0 Å². The largest absolute Gasteiger partial charge is 0.481 e. The Balaban J connectivity index is 3.04. The first-order chi connectivity index (χ1) is 9.12. The molecule has 8 heteroatoms. The molecule has 0 aliphatic heterocycles. The smallest absolute Gasteiger partial charge is 0.303 e. The summed E-state index contributed by atoms with van der Waals surface area (Å²) in [6, 6.07) is 1.86. The molecule has 20 heavy (non-hydrogen) atoms. The van der Waals surface area contributed by atoms with Gasteiger partial charge in [-0.25, -0.2) is 4.39 Å². The van der Waals surface area contributed by atoms with E-state index in [9.17, 15) is 19.3 Å². The molecule has 0 radical (unpaired) electrons. The Kier molecular flexibility index (Phi) is 4.88. The van der Waals surface area contributed by atoms with Crippen molar-refractivity contribution in [2.45, 2.75) is 32.2 Å². The lowest BCUT2D eigenvalue weighted by Gasteiger charge is -2.26. The monoisotopic (exact) mass is 304 g/mol. The van der Waals surface area contributed by atoms with E-state index in [4.69, 9.17) is 16.7 Å². The summed E-state index contributed by atoms with van der Waals surface area (Å²) in [6.07, 6.45) is 0.150. The first-order valence-electron chi connectivity index (χ1n) is 5.76. The zero-order chi connectivity index (χ0) is 15.5. The number of nitrogens with one attached hydrogen (secondary N) is 1. The number of nitro groups is 1. The highest BCUT2D eigenvalue weighted by Gasteiger charge is 2.25. The summed E-state index contributed by atoms with van der Waals surface area (Å²) in [5.74, 6) is -1.85. The molecular formula is C12H14ClFN2O4. The Morgan fingerprint density at radius 3 is 2.65 bits per heavy atom. The van der Waals surface area contributed by atoms with E-state index in [0.29, 0.717) is 0 Å². The second kappa shape index (κ2) is 6.04. The summed E-state index contributed by atoms with van der Waals surface area (Å²) in [5, 5.41) is 22.2. The van der Waals surface area contributed by atoms with Crippen LogP contribution in [-0.2, 0) is 4.79 Å². The Morgan fingerprint density at radius 2 is 2.15 bits per heavy atom. The fraction of sp³-hybridized carbons (Fsp3) is 0.417. The highest BCUT2D eigenvalue weighted by molar-refractivity contribution is 6.31. The standard InChI is InChI=1S/C12H14ClFN2O4/c1-12(2,4-3-11(17)18)15-9-5-7(13)8(14)6-10(9)16(19)20/h5-6,15H,3-4H2,1-2H3,(H,17,18). The van der Waals surface area contributed by atoms with Gasteiger partial charge in [-0.1, -0.05) is 11.6 Å². The van der Waals surface area contributed by atoms with Crippen molar-refractivity contribution in [3.63, 3.8) is 0 Å². The number of hydrogen-bond donors (Lipinski definition) is 2. The lowest BCUT2D eigenvalue weighted by Crippen LogP contribution is -2.31. The van der Waals surface area contributed by atoms with Crippen LogP contribution < -0.4 is 5.32 Å².